The fourth-order valence-corrected chi connectivity index (χ4v) is 4.09. The number of thiophene rings is 2. The first kappa shape index (κ1) is 15.2. The maximum absolute atomic E-state index is 12.4. The third kappa shape index (κ3) is 3.39. The van der Waals surface area contributed by atoms with E-state index < -0.39 is 0 Å². The minimum atomic E-state index is -0.321. The van der Waals surface area contributed by atoms with Gasteiger partial charge in [-0.05, 0) is 42.2 Å². The largest absolute Gasteiger partial charge is 0.354 e. The highest BCUT2D eigenvalue weighted by Crippen LogP contribution is 2.22. The van der Waals surface area contributed by atoms with Crippen LogP contribution in [-0.4, -0.2) is 35.8 Å². The van der Waals surface area contributed by atoms with Gasteiger partial charge in [0.2, 0.25) is 5.91 Å². The molecular weight excluding hydrogens is 316 g/mol. The molecule has 22 heavy (non-hydrogen) atoms. The molecule has 1 aliphatic heterocycles. The van der Waals surface area contributed by atoms with Crippen molar-refractivity contribution in [2.24, 2.45) is 0 Å². The summed E-state index contributed by atoms with van der Waals surface area (Å²) >= 11 is 3.12. The molecule has 4 nitrogen and oxygen atoms in total. The minimum Gasteiger partial charge on any atom is -0.354 e. The van der Waals surface area contributed by atoms with Crippen molar-refractivity contribution in [2.45, 2.75) is 25.3 Å². The van der Waals surface area contributed by atoms with Crippen LogP contribution in [0.4, 0.5) is 0 Å². The van der Waals surface area contributed by atoms with Crippen LogP contribution < -0.4 is 5.32 Å². The molecule has 0 saturated carbocycles. The summed E-state index contributed by atoms with van der Waals surface area (Å²) in [5, 5.41) is 6.90. The summed E-state index contributed by atoms with van der Waals surface area (Å²) in [4.78, 5) is 28.5. The van der Waals surface area contributed by atoms with Crippen LogP contribution in [0.3, 0.4) is 0 Å². The third-order valence-corrected chi connectivity index (χ3v) is 5.59. The lowest BCUT2D eigenvalue weighted by molar-refractivity contribution is -0.124. The number of rotatable bonds is 5. The van der Waals surface area contributed by atoms with E-state index in [0.717, 1.165) is 19.3 Å². The molecule has 1 atom stereocenters. The molecule has 3 heterocycles. The van der Waals surface area contributed by atoms with Crippen molar-refractivity contribution in [1.29, 1.82) is 0 Å². The van der Waals surface area contributed by atoms with Crippen molar-refractivity contribution in [3.05, 3.63) is 44.8 Å². The Hall–Kier alpha value is -1.66. The molecule has 2 amide bonds. The number of nitrogens with one attached hydrogen (secondary N) is 1. The Morgan fingerprint density at radius 2 is 2.05 bits per heavy atom. The van der Waals surface area contributed by atoms with Gasteiger partial charge in [-0.15, -0.1) is 22.7 Å². The van der Waals surface area contributed by atoms with Crippen molar-refractivity contribution < 1.29 is 9.59 Å². The van der Waals surface area contributed by atoms with E-state index in [1.165, 1.54) is 16.2 Å². The Labute approximate surface area is 137 Å². The van der Waals surface area contributed by atoms with Gasteiger partial charge in [0, 0.05) is 18.0 Å². The monoisotopic (exact) mass is 334 g/mol. The number of hydrogen-bond acceptors (Lipinski definition) is 4. The molecule has 1 saturated heterocycles. The highest BCUT2D eigenvalue weighted by atomic mass is 32.1. The quantitative estimate of drug-likeness (QED) is 0.914. The first-order valence-corrected chi connectivity index (χ1v) is 9.16. The standard InChI is InChI=1S/C16H18N2O2S2/c19-15(17-8-7-12-4-2-10-21-12)13-5-1-9-18(13)16(20)14-6-3-11-22-14/h2-4,6,10-11,13H,1,5,7-9H2,(H,17,19). The number of carbonyl (C=O) groups is 2. The minimum absolute atomic E-state index is 0.0223. The lowest BCUT2D eigenvalue weighted by Crippen LogP contribution is -2.46. The lowest BCUT2D eigenvalue weighted by Gasteiger charge is -2.23. The topological polar surface area (TPSA) is 49.4 Å². The number of likely N-dealkylation sites (tertiary alicyclic amines) is 1. The van der Waals surface area contributed by atoms with Crippen LogP contribution in [0.5, 0.6) is 0 Å². The summed E-state index contributed by atoms with van der Waals surface area (Å²) in [6.07, 6.45) is 2.48. The first-order valence-electron chi connectivity index (χ1n) is 7.40. The normalized spacial score (nSPS) is 17.6. The average molecular weight is 334 g/mol. The van der Waals surface area contributed by atoms with Gasteiger partial charge < -0.3 is 10.2 Å². The maximum atomic E-state index is 12.4. The summed E-state index contributed by atoms with van der Waals surface area (Å²) in [5.74, 6) is -0.0510. The smallest absolute Gasteiger partial charge is 0.264 e. The fourth-order valence-electron chi connectivity index (χ4n) is 2.71. The number of nitrogens with zero attached hydrogens (tertiary/aromatic N) is 1. The highest BCUT2D eigenvalue weighted by molar-refractivity contribution is 7.12. The summed E-state index contributed by atoms with van der Waals surface area (Å²) in [6.45, 7) is 1.29. The first-order chi connectivity index (χ1) is 10.8. The van der Waals surface area contributed by atoms with Crippen LogP contribution in [0.2, 0.25) is 0 Å². The zero-order valence-electron chi connectivity index (χ0n) is 12.2. The Morgan fingerprint density at radius 3 is 2.77 bits per heavy atom. The van der Waals surface area contributed by atoms with Gasteiger partial charge >= 0.3 is 0 Å². The van der Waals surface area contributed by atoms with Crippen molar-refractivity contribution in [3.8, 4) is 0 Å². The van der Waals surface area contributed by atoms with Gasteiger partial charge in [-0.1, -0.05) is 12.1 Å². The molecule has 0 aliphatic carbocycles. The van der Waals surface area contributed by atoms with Gasteiger partial charge in [0.1, 0.15) is 6.04 Å². The molecule has 116 valence electrons. The van der Waals surface area contributed by atoms with Crippen LogP contribution in [0.25, 0.3) is 0 Å². The second-order valence-electron chi connectivity index (χ2n) is 5.25. The Kier molecular flexibility index (Phi) is 4.90. The van der Waals surface area contributed by atoms with E-state index in [1.54, 1.807) is 16.2 Å². The molecule has 0 spiro atoms. The van der Waals surface area contributed by atoms with Gasteiger partial charge in [0.05, 0.1) is 4.88 Å². The van der Waals surface area contributed by atoms with E-state index in [4.69, 9.17) is 0 Å². The van der Waals surface area contributed by atoms with Crippen LogP contribution in [0, 0.1) is 0 Å². The predicted molar refractivity (Wildman–Crippen MR) is 89.4 cm³/mol. The van der Waals surface area contributed by atoms with E-state index in [2.05, 4.69) is 11.4 Å². The van der Waals surface area contributed by atoms with Crippen molar-refractivity contribution in [3.63, 3.8) is 0 Å². The van der Waals surface area contributed by atoms with Crippen LogP contribution in [0.1, 0.15) is 27.4 Å². The summed E-state index contributed by atoms with van der Waals surface area (Å²) < 4.78 is 0. The molecule has 3 rings (SSSR count). The fraction of sp³-hybridized carbons (Fsp3) is 0.375. The number of carbonyl (C=O) groups excluding carboxylic acids is 2. The molecule has 0 bridgehead atoms. The van der Waals surface area contributed by atoms with Crippen LogP contribution in [0.15, 0.2) is 35.0 Å². The molecule has 2 aromatic heterocycles. The summed E-state index contributed by atoms with van der Waals surface area (Å²) in [6, 6.07) is 7.44. The van der Waals surface area contributed by atoms with Gasteiger partial charge in [0.25, 0.3) is 5.91 Å². The van der Waals surface area contributed by atoms with Gasteiger partial charge in [-0.3, -0.25) is 9.59 Å². The van der Waals surface area contributed by atoms with Crippen LogP contribution >= 0.6 is 22.7 Å². The molecule has 0 radical (unpaired) electrons. The molecule has 1 fully saturated rings. The number of hydrogen-bond donors (Lipinski definition) is 1. The van der Waals surface area contributed by atoms with Crippen molar-refractivity contribution >= 4 is 34.5 Å². The third-order valence-electron chi connectivity index (χ3n) is 3.80. The van der Waals surface area contributed by atoms with Gasteiger partial charge in [-0.25, -0.2) is 0 Å². The molecule has 1 aliphatic rings. The molecule has 2 aromatic rings. The molecule has 1 N–H and O–H groups in total. The van der Waals surface area contributed by atoms with E-state index in [0.29, 0.717) is 18.0 Å². The van der Waals surface area contributed by atoms with Gasteiger partial charge in [0.15, 0.2) is 0 Å². The average Bonchev–Trinajstić information content (AvgIpc) is 3.26. The zero-order valence-corrected chi connectivity index (χ0v) is 13.8. The summed E-state index contributed by atoms with van der Waals surface area (Å²) in [7, 11) is 0. The second-order valence-corrected chi connectivity index (χ2v) is 7.23. The van der Waals surface area contributed by atoms with Crippen molar-refractivity contribution in [2.75, 3.05) is 13.1 Å². The maximum Gasteiger partial charge on any atom is 0.264 e. The lowest BCUT2D eigenvalue weighted by atomic mass is 10.2. The predicted octanol–water partition coefficient (Wildman–Crippen LogP) is 2.77. The van der Waals surface area contributed by atoms with E-state index in [9.17, 15) is 9.59 Å². The van der Waals surface area contributed by atoms with E-state index in [-0.39, 0.29) is 17.9 Å². The Balaban J connectivity index is 1.55. The van der Waals surface area contributed by atoms with Gasteiger partial charge in [-0.2, -0.15) is 0 Å². The van der Waals surface area contributed by atoms with E-state index in [1.807, 2.05) is 29.0 Å². The SMILES string of the molecule is O=C(NCCc1cccs1)C1CCCN1C(=O)c1cccs1. The molecule has 0 aromatic carbocycles. The van der Waals surface area contributed by atoms with Crippen LogP contribution in [-0.2, 0) is 11.2 Å². The van der Waals surface area contributed by atoms with Crippen molar-refractivity contribution in [1.82, 2.24) is 10.2 Å². The summed E-state index contributed by atoms with van der Waals surface area (Å²) in [5.41, 5.74) is 0. The van der Waals surface area contributed by atoms with E-state index >= 15 is 0 Å². The molecule has 1 unspecified atom stereocenters. The zero-order chi connectivity index (χ0) is 15.4. The Bertz CT molecular complexity index is 623. The second kappa shape index (κ2) is 7.07. The molecular formula is C16H18N2O2S2. The highest BCUT2D eigenvalue weighted by Gasteiger charge is 2.34. The molecule has 6 heteroatoms. The Morgan fingerprint density at radius 1 is 1.23 bits per heavy atom. The number of amides is 2.